The molecule has 0 aliphatic carbocycles. The topological polar surface area (TPSA) is 69.6 Å². The van der Waals surface area contributed by atoms with Gasteiger partial charge in [0, 0.05) is 6.42 Å². The number of carbonyl (C=O) groups excluding carboxylic acids is 1. The highest BCUT2D eigenvalue weighted by molar-refractivity contribution is 5.76. The lowest BCUT2D eigenvalue weighted by Crippen LogP contribution is -2.45. The maximum absolute atomic E-state index is 12.3. The van der Waals surface area contributed by atoms with Gasteiger partial charge in [-0.2, -0.15) is 0 Å². The Kier molecular flexibility index (Phi) is 41.6. The minimum Gasteiger partial charge on any atom is -0.394 e. The lowest BCUT2D eigenvalue weighted by atomic mass is 10.1. The highest BCUT2D eigenvalue weighted by Crippen LogP contribution is 2.10. The lowest BCUT2D eigenvalue weighted by molar-refractivity contribution is -0.123. The number of amides is 1. The molecule has 0 aliphatic rings. The van der Waals surface area contributed by atoms with Crippen molar-refractivity contribution in [3.05, 3.63) is 122 Å². The minimum atomic E-state index is -0.875. The molecule has 3 N–H and O–H groups in total. The average molecular weight is 744 g/mol. The van der Waals surface area contributed by atoms with E-state index in [1.54, 1.807) is 6.08 Å². The van der Waals surface area contributed by atoms with Crippen LogP contribution in [0.25, 0.3) is 0 Å². The highest BCUT2D eigenvalue weighted by atomic mass is 16.3. The van der Waals surface area contributed by atoms with Crippen molar-refractivity contribution in [1.82, 2.24) is 5.32 Å². The number of allylic oxidation sites excluding steroid dienone is 19. The normalized spacial score (nSPS) is 14.2. The summed E-state index contributed by atoms with van der Waals surface area (Å²) in [5.74, 6) is -0.0973. The Hall–Kier alpha value is -3.21. The van der Waals surface area contributed by atoms with Crippen molar-refractivity contribution >= 4 is 5.91 Å². The third kappa shape index (κ3) is 40.0. The third-order valence-electron chi connectivity index (χ3n) is 8.93. The maximum atomic E-state index is 12.3. The van der Waals surface area contributed by atoms with Crippen LogP contribution in [-0.2, 0) is 4.79 Å². The van der Waals surface area contributed by atoms with Crippen LogP contribution in [0.4, 0.5) is 0 Å². The fourth-order valence-electron chi connectivity index (χ4n) is 5.62. The number of rotatable bonds is 37. The molecular weight excluding hydrogens is 663 g/mol. The van der Waals surface area contributed by atoms with Crippen molar-refractivity contribution in [2.24, 2.45) is 0 Å². The zero-order valence-electron chi connectivity index (χ0n) is 34.7. The highest BCUT2D eigenvalue weighted by Gasteiger charge is 2.17. The summed E-state index contributed by atoms with van der Waals surface area (Å²) in [4.78, 5) is 12.3. The molecule has 4 nitrogen and oxygen atoms in total. The first-order valence-corrected chi connectivity index (χ1v) is 21.7. The van der Waals surface area contributed by atoms with Gasteiger partial charge in [-0.3, -0.25) is 4.79 Å². The van der Waals surface area contributed by atoms with E-state index in [-0.39, 0.29) is 12.5 Å². The second kappa shape index (κ2) is 44.2. The Labute approximate surface area is 333 Å². The SMILES string of the molecule is CC/C=C\C/C=C\C/C=C\C/C=C\C/C=C\C/C=C\C/C=C\C/C=C\CCCCCCCCC(=O)NC(CO)C(O)/C=C/CC/C=C/CCCCCCC. The molecule has 0 fully saturated rings. The molecule has 0 bridgehead atoms. The Morgan fingerprint density at radius 2 is 0.833 bits per heavy atom. The van der Waals surface area contributed by atoms with Gasteiger partial charge in [0.2, 0.25) is 5.91 Å². The fraction of sp³-hybridized carbons (Fsp3) is 0.580. The summed E-state index contributed by atoms with van der Waals surface area (Å²) in [6.07, 6.45) is 68.7. The average Bonchev–Trinajstić information content (AvgIpc) is 3.18. The van der Waals surface area contributed by atoms with Gasteiger partial charge >= 0.3 is 0 Å². The van der Waals surface area contributed by atoms with Crippen molar-refractivity contribution in [2.75, 3.05) is 6.61 Å². The first-order chi connectivity index (χ1) is 26.7. The maximum Gasteiger partial charge on any atom is 0.220 e. The first-order valence-electron chi connectivity index (χ1n) is 21.7. The molecule has 1 amide bonds. The predicted molar refractivity (Wildman–Crippen MR) is 239 cm³/mol. The van der Waals surface area contributed by atoms with Crippen LogP contribution in [0.1, 0.15) is 168 Å². The molecule has 0 spiro atoms. The number of carbonyl (C=O) groups is 1. The van der Waals surface area contributed by atoms with E-state index in [4.69, 9.17) is 0 Å². The zero-order chi connectivity index (χ0) is 39.3. The number of unbranched alkanes of at least 4 members (excludes halogenated alkanes) is 12. The second-order valence-electron chi connectivity index (χ2n) is 14.0. The van der Waals surface area contributed by atoms with E-state index in [0.29, 0.717) is 6.42 Å². The van der Waals surface area contributed by atoms with Crippen molar-refractivity contribution in [3.8, 4) is 0 Å². The van der Waals surface area contributed by atoms with Crippen molar-refractivity contribution < 1.29 is 15.0 Å². The Balaban J connectivity index is 3.71. The van der Waals surface area contributed by atoms with E-state index in [9.17, 15) is 15.0 Å². The molecule has 2 unspecified atom stereocenters. The number of hydrogen-bond acceptors (Lipinski definition) is 3. The van der Waals surface area contributed by atoms with E-state index in [0.717, 1.165) is 96.3 Å². The van der Waals surface area contributed by atoms with Gasteiger partial charge in [-0.15, -0.1) is 0 Å². The van der Waals surface area contributed by atoms with Crippen LogP contribution < -0.4 is 5.32 Å². The summed E-state index contributed by atoms with van der Waals surface area (Å²) in [6.45, 7) is 4.13. The monoisotopic (exact) mass is 744 g/mol. The van der Waals surface area contributed by atoms with Gasteiger partial charge in [0.25, 0.3) is 0 Å². The van der Waals surface area contributed by atoms with Crippen LogP contribution in [-0.4, -0.2) is 34.9 Å². The van der Waals surface area contributed by atoms with Crippen LogP contribution in [0.15, 0.2) is 122 Å². The van der Waals surface area contributed by atoms with Gasteiger partial charge < -0.3 is 15.5 Å². The van der Waals surface area contributed by atoms with Crippen molar-refractivity contribution in [1.29, 1.82) is 0 Å². The molecule has 2 atom stereocenters. The summed E-state index contributed by atoms with van der Waals surface area (Å²) in [5, 5.41) is 22.9. The fourth-order valence-corrected chi connectivity index (χ4v) is 5.62. The Morgan fingerprint density at radius 3 is 1.30 bits per heavy atom. The van der Waals surface area contributed by atoms with E-state index in [1.165, 1.54) is 51.4 Å². The van der Waals surface area contributed by atoms with Gasteiger partial charge in [-0.1, -0.05) is 187 Å². The van der Waals surface area contributed by atoms with Crippen LogP contribution >= 0.6 is 0 Å². The van der Waals surface area contributed by atoms with Crippen LogP contribution in [0, 0.1) is 0 Å². The van der Waals surface area contributed by atoms with Crippen LogP contribution in [0.2, 0.25) is 0 Å². The first kappa shape index (κ1) is 50.8. The van der Waals surface area contributed by atoms with Gasteiger partial charge in [-0.05, 0) is 96.3 Å². The largest absolute Gasteiger partial charge is 0.394 e. The van der Waals surface area contributed by atoms with E-state index in [1.807, 2.05) is 6.08 Å². The second-order valence-corrected chi connectivity index (χ2v) is 14.0. The molecule has 0 aromatic rings. The number of aliphatic hydroxyl groups is 2. The molecule has 0 radical (unpaired) electrons. The molecule has 0 aromatic heterocycles. The third-order valence-corrected chi connectivity index (χ3v) is 8.93. The molecule has 304 valence electrons. The lowest BCUT2D eigenvalue weighted by Gasteiger charge is -2.19. The van der Waals surface area contributed by atoms with Gasteiger partial charge in [0.15, 0.2) is 0 Å². The molecule has 4 heteroatoms. The molecule has 0 aliphatic heterocycles. The smallest absolute Gasteiger partial charge is 0.220 e. The summed E-state index contributed by atoms with van der Waals surface area (Å²) in [7, 11) is 0. The van der Waals surface area contributed by atoms with Crippen LogP contribution in [0.5, 0.6) is 0 Å². The summed E-state index contributed by atoms with van der Waals surface area (Å²) in [6, 6.07) is -0.654. The molecule has 0 saturated heterocycles. The van der Waals surface area contributed by atoms with E-state index in [2.05, 4.69) is 129 Å². The number of nitrogens with one attached hydrogen (secondary N) is 1. The van der Waals surface area contributed by atoms with Gasteiger partial charge in [-0.25, -0.2) is 0 Å². The summed E-state index contributed by atoms with van der Waals surface area (Å²) >= 11 is 0. The standard InChI is InChI=1S/C50H81NO3/c1-3-5-7-9-11-13-15-16-17-18-19-20-21-22-23-24-25-26-27-28-29-30-31-32-33-34-36-38-40-42-44-46-50(54)51-48(47-52)49(53)45-43-41-39-37-35-14-12-10-8-6-4-2/h5,7,11,13,16-17,19-20,22-23,25-26,28-29,31-32,35,37,43,45,48-49,52-53H,3-4,6,8-10,12,14-15,18,21,24,27,30,33-34,36,38-42,44,46-47H2,1-2H3,(H,51,54)/b7-5-,13-11-,17-16-,20-19-,23-22-,26-25-,29-28-,32-31-,37-35+,45-43+. The Bertz CT molecular complexity index is 1120. The van der Waals surface area contributed by atoms with Crippen LogP contribution in [0.3, 0.4) is 0 Å². The van der Waals surface area contributed by atoms with E-state index >= 15 is 0 Å². The molecule has 0 rings (SSSR count). The summed E-state index contributed by atoms with van der Waals surface area (Å²) in [5.41, 5.74) is 0. The minimum absolute atomic E-state index is 0.0973. The zero-order valence-corrected chi connectivity index (χ0v) is 34.7. The predicted octanol–water partition coefficient (Wildman–Crippen LogP) is 13.8. The summed E-state index contributed by atoms with van der Waals surface area (Å²) < 4.78 is 0. The van der Waals surface area contributed by atoms with Gasteiger partial charge in [0.05, 0.1) is 18.8 Å². The van der Waals surface area contributed by atoms with Crippen molar-refractivity contribution in [3.63, 3.8) is 0 Å². The van der Waals surface area contributed by atoms with E-state index < -0.39 is 12.1 Å². The van der Waals surface area contributed by atoms with Crippen molar-refractivity contribution in [2.45, 2.75) is 180 Å². The number of aliphatic hydroxyl groups excluding tert-OH is 2. The molecule has 0 aromatic carbocycles. The molecule has 0 heterocycles. The quantitative estimate of drug-likeness (QED) is 0.0438. The molecule has 0 saturated carbocycles. The number of hydrogen-bond donors (Lipinski definition) is 3. The molecule has 54 heavy (non-hydrogen) atoms. The molecular formula is C50H81NO3. The van der Waals surface area contributed by atoms with Gasteiger partial charge in [0.1, 0.15) is 0 Å². The Morgan fingerprint density at radius 1 is 0.463 bits per heavy atom.